The lowest BCUT2D eigenvalue weighted by molar-refractivity contribution is 0.0876. The molecule has 0 bridgehead atoms. The van der Waals surface area contributed by atoms with Crippen molar-refractivity contribution >= 4 is 29.0 Å². The van der Waals surface area contributed by atoms with E-state index in [1.807, 2.05) is 4.57 Å². The number of aromatic nitrogens is 3. The van der Waals surface area contributed by atoms with Gasteiger partial charge in [0.25, 0.3) is 5.91 Å². The Balaban J connectivity index is 1.91. The highest BCUT2D eigenvalue weighted by molar-refractivity contribution is 6.34. The average molecular weight is 359 g/mol. The van der Waals surface area contributed by atoms with Crippen LogP contribution in [0.1, 0.15) is 42.6 Å². The van der Waals surface area contributed by atoms with Crippen molar-refractivity contribution in [3.63, 3.8) is 0 Å². The SMILES string of the molecule is CN=c1c(Nc2ccncn2)cc(Cl)c2n1C1(CCCCC1)NC2=O. The van der Waals surface area contributed by atoms with Crippen LogP contribution in [0.3, 0.4) is 0 Å². The summed E-state index contributed by atoms with van der Waals surface area (Å²) >= 11 is 6.47. The molecule has 1 amide bonds. The molecule has 0 unspecified atom stereocenters. The number of pyridine rings is 1. The summed E-state index contributed by atoms with van der Waals surface area (Å²) in [5, 5.41) is 6.82. The second kappa shape index (κ2) is 6.15. The Bertz CT molecular complexity index is 886. The fraction of sp³-hybridized carbons (Fsp3) is 0.412. The molecule has 25 heavy (non-hydrogen) atoms. The molecular weight excluding hydrogens is 340 g/mol. The summed E-state index contributed by atoms with van der Waals surface area (Å²) in [6, 6.07) is 3.50. The number of rotatable bonds is 2. The molecule has 2 aromatic heterocycles. The zero-order valence-electron chi connectivity index (χ0n) is 13.9. The summed E-state index contributed by atoms with van der Waals surface area (Å²) in [5.74, 6) is 0.511. The number of nitrogens with zero attached hydrogens (tertiary/aromatic N) is 4. The maximum atomic E-state index is 12.6. The molecule has 1 aliphatic carbocycles. The average Bonchev–Trinajstić information content (AvgIpc) is 2.89. The monoisotopic (exact) mass is 358 g/mol. The number of nitrogens with one attached hydrogen (secondary N) is 2. The van der Waals surface area contributed by atoms with Crippen molar-refractivity contribution in [2.75, 3.05) is 12.4 Å². The summed E-state index contributed by atoms with van der Waals surface area (Å²) in [6.07, 6.45) is 8.21. The Kier molecular flexibility index (Phi) is 3.95. The molecule has 1 spiro atoms. The van der Waals surface area contributed by atoms with E-state index >= 15 is 0 Å². The first-order valence-electron chi connectivity index (χ1n) is 8.39. The molecule has 0 aromatic carbocycles. The molecule has 1 saturated carbocycles. The maximum absolute atomic E-state index is 12.6. The van der Waals surface area contributed by atoms with Crippen LogP contribution in [0.25, 0.3) is 0 Å². The first kappa shape index (κ1) is 16.1. The van der Waals surface area contributed by atoms with Crippen molar-refractivity contribution in [1.82, 2.24) is 19.9 Å². The van der Waals surface area contributed by atoms with E-state index in [0.717, 1.165) is 31.4 Å². The molecular formula is C17H19ClN6O. The number of hydrogen-bond acceptors (Lipinski definition) is 5. The summed E-state index contributed by atoms with van der Waals surface area (Å²) in [7, 11) is 1.72. The largest absolute Gasteiger partial charge is 0.337 e. The van der Waals surface area contributed by atoms with Crippen LogP contribution in [-0.2, 0) is 5.66 Å². The Morgan fingerprint density at radius 2 is 2.16 bits per heavy atom. The van der Waals surface area contributed by atoms with Crippen LogP contribution in [0.5, 0.6) is 0 Å². The molecule has 0 radical (unpaired) electrons. The Morgan fingerprint density at radius 3 is 2.84 bits per heavy atom. The zero-order chi connectivity index (χ0) is 17.4. The van der Waals surface area contributed by atoms with Gasteiger partial charge in [0, 0.05) is 13.2 Å². The van der Waals surface area contributed by atoms with Crippen molar-refractivity contribution in [3.8, 4) is 0 Å². The van der Waals surface area contributed by atoms with E-state index in [1.165, 1.54) is 12.7 Å². The van der Waals surface area contributed by atoms with Crippen molar-refractivity contribution in [2.24, 2.45) is 4.99 Å². The van der Waals surface area contributed by atoms with Crippen LogP contribution in [0, 0.1) is 0 Å². The molecule has 2 aromatic rings. The van der Waals surface area contributed by atoms with Gasteiger partial charge < -0.3 is 10.6 Å². The van der Waals surface area contributed by atoms with Gasteiger partial charge in [0.2, 0.25) is 0 Å². The topological polar surface area (TPSA) is 84.2 Å². The van der Waals surface area contributed by atoms with Gasteiger partial charge >= 0.3 is 0 Å². The van der Waals surface area contributed by atoms with Gasteiger partial charge in [-0.1, -0.05) is 18.0 Å². The minimum absolute atomic E-state index is 0.134. The number of fused-ring (bicyclic) bond motifs is 2. The fourth-order valence-corrected chi connectivity index (χ4v) is 4.13. The Morgan fingerprint density at radius 1 is 1.36 bits per heavy atom. The standard InChI is InChI=1S/C17H19ClN6O/c1-19-15-12(22-13-5-8-20-10-21-13)9-11(18)14-16(25)23-17(24(14)15)6-3-2-4-7-17/h5,8-10H,2-4,6-7H2,1H3,(H,23,25)(H,20,21,22). The lowest BCUT2D eigenvalue weighted by Crippen LogP contribution is -2.49. The molecule has 1 fully saturated rings. The third-order valence-corrected chi connectivity index (χ3v) is 5.19. The van der Waals surface area contributed by atoms with Crippen LogP contribution in [0.15, 0.2) is 29.6 Å². The van der Waals surface area contributed by atoms with E-state index in [-0.39, 0.29) is 5.91 Å². The number of halogens is 1. The molecule has 0 atom stereocenters. The quantitative estimate of drug-likeness (QED) is 0.864. The molecule has 4 rings (SSSR count). The molecule has 1 aliphatic heterocycles. The van der Waals surface area contributed by atoms with Crippen LogP contribution in [0.2, 0.25) is 5.02 Å². The number of carbonyl (C=O) groups is 1. The number of amides is 1. The lowest BCUT2D eigenvalue weighted by Gasteiger charge is -2.36. The van der Waals surface area contributed by atoms with Crippen LogP contribution < -0.4 is 16.1 Å². The van der Waals surface area contributed by atoms with Crippen molar-refractivity contribution in [2.45, 2.75) is 37.8 Å². The van der Waals surface area contributed by atoms with Crippen molar-refractivity contribution in [1.29, 1.82) is 0 Å². The number of carbonyl (C=O) groups excluding carboxylic acids is 1. The normalized spacial score (nSPS) is 19.0. The maximum Gasteiger partial charge on any atom is 0.271 e. The van der Waals surface area contributed by atoms with Gasteiger partial charge in [-0.3, -0.25) is 14.4 Å². The lowest BCUT2D eigenvalue weighted by atomic mass is 9.89. The highest BCUT2D eigenvalue weighted by Gasteiger charge is 2.44. The minimum atomic E-state index is -0.438. The molecule has 7 nitrogen and oxygen atoms in total. The second-order valence-electron chi connectivity index (χ2n) is 6.40. The van der Waals surface area contributed by atoms with Gasteiger partial charge in [-0.2, -0.15) is 0 Å². The smallest absolute Gasteiger partial charge is 0.271 e. The van der Waals surface area contributed by atoms with E-state index in [4.69, 9.17) is 11.6 Å². The van der Waals surface area contributed by atoms with Gasteiger partial charge in [0.15, 0.2) is 5.49 Å². The predicted octanol–water partition coefficient (Wildman–Crippen LogP) is 2.57. The summed E-state index contributed by atoms with van der Waals surface area (Å²) in [6.45, 7) is 0. The van der Waals surface area contributed by atoms with Crippen LogP contribution >= 0.6 is 11.6 Å². The van der Waals surface area contributed by atoms with Crippen molar-refractivity contribution < 1.29 is 4.79 Å². The van der Waals surface area contributed by atoms with Gasteiger partial charge in [0.1, 0.15) is 23.5 Å². The van der Waals surface area contributed by atoms with Gasteiger partial charge in [-0.05, 0) is 37.8 Å². The first-order valence-corrected chi connectivity index (χ1v) is 8.77. The minimum Gasteiger partial charge on any atom is -0.337 e. The van der Waals surface area contributed by atoms with E-state index in [1.54, 1.807) is 25.4 Å². The summed E-state index contributed by atoms with van der Waals surface area (Å²) < 4.78 is 1.99. The number of hydrogen-bond donors (Lipinski definition) is 2. The molecule has 2 N–H and O–H groups in total. The van der Waals surface area contributed by atoms with E-state index in [0.29, 0.717) is 22.0 Å². The molecule has 8 heteroatoms. The molecule has 130 valence electrons. The van der Waals surface area contributed by atoms with E-state index < -0.39 is 5.66 Å². The first-order chi connectivity index (χ1) is 12.1. The zero-order valence-corrected chi connectivity index (χ0v) is 14.7. The Labute approximate surface area is 150 Å². The van der Waals surface area contributed by atoms with E-state index in [9.17, 15) is 4.79 Å². The van der Waals surface area contributed by atoms with Gasteiger partial charge in [-0.15, -0.1) is 0 Å². The molecule has 2 aliphatic rings. The van der Waals surface area contributed by atoms with Crippen LogP contribution in [-0.4, -0.2) is 27.5 Å². The highest BCUT2D eigenvalue weighted by atomic mass is 35.5. The van der Waals surface area contributed by atoms with Crippen molar-refractivity contribution in [3.05, 3.63) is 40.9 Å². The second-order valence-corrected chi connectivity index (χ2v) is 6.81. The molecule has 3 heterocycles. The third kappa shape index (κ3) is 2.59. The number of anilines is 2. The third-order valence-electron chi connectivity index (χ3n) is 4.90. The highest BCUT2D eigenvalue weighted by Crippen LogP contribution is 2.38. The van der Waals surface area contributed by atoms with Gasteiger partial charge in [0.05, 0.1) is 10.7 Å². The summed E-state index contributed by atoms with van der Waals surface area (Å²) in [5.41, 5.74) is 1.46. The Hall–Kier alpha value is -2.41. The molecule has 0 saturated heterocycles. The fourth-order valence-electron chi connectivity index (χ4n) is 3.85. The van der Waals surface area contributed by atoms with Gasteiger partial charge in [-0.25, -0.2) is 9.97 Å². The van der Waals surface area contributed by atoms with E-state index in [2.05, 4.69) is 25.6 Å². The van der Waals surface area contributed by atoms with Crippen LogP contribution in [0.4, 0.5) is 11.5 Å². The summed E-state index contributed by atoms with van der Waals surface area (Å²) in [4.78, 5) is 25.2. The predicted molar refractivity (Wildman–Crippen MR) is 94.8 cm³/mol.